The van der Waals surface area contributed by atoms with Crippen LogP contribution >= 0.6 is 0 Å². The molecule has 37 heavy (non-hydrogen) atoms. The van der Waals surface area contributed by atoms with Crippen LogP contribution in [0.5, 0.6) is 0 Å². The number of rotatable bonds is 7. The maximum atomic E-state index is 10.7. The molecule has 0 bridgehead atoms. The molecule has 0 aromatic rings. The van der Waals surface area contributed by atoms with Crippen LogP contribution in [-0.2, 0) is 37.3 Å². The zero-order valence-corrected chi connectivity index (χ0v) is 22.8. The van der Waals surface area contributed by atoms with Crippen LogP contribution in [0.1, 0.15) is 19.3 Å². The molecule has 2 aliphatic rings. The van der Waals surface area contributed by atoms with Gasteiger partial charge >= 0.3 is 31.3 Å². The molecule has 1 atom stereocenters. The van der Waals surface area contributed by atoms with Crippen molar-refractivity contribution in [3.05, 3.63) is 34.6 Å². The van der Waals surface area contributed by atoms with Gasteiger partial charge in [-0.15, -0.1) is 30.9 Å². The van der Waals surface area contributed by atoms with Crippen LogP contribution < -0.4 is 0 Å². The molecule has 0 amide bonds. The molecule has 0 aromatic carbocycles. The molecule has 0 spiro atoms. The Bertz CT molecular complexity index is 882. The van der Waals surface area contributed by atoms with Gasteiger partial charge in [0.05, 0.1) is 0 Å². The van der Waals surface area contributed by atoms with Crippen molar-refractivity contribution < 1.29 is 69.4 Å². The van der Waals surface area contributed by atoms with Gasteiger partial charge in [-0.1, -0.05) is 31.4 Å². The van der Waals surface area contributed by atoms with E-state index in [9.17, 15) is 26.3 Å². The van der Waals surface area contributed by atoms with E-state index < -0.39 is 31.3 Å². The molecule has 1 radical (unpaired) electrons. The first-order valence-electron chi connectivity index (χ1n) is 10.4. The maximum absolute atomic E-state index is 10.7. The van der Waals surface area contributed by atoms with Gasteiger partial charge in [0.1, 0.15) is 0 Å². The van der Waals surface area contributed by atoms with E-state index in [1.807, 2.05) is 0 Å². The minimum Gasteiger partial charge on any atom is -0.684 e. The molecule has 19 heteroatoms. The number of likely N-dealkylation sites (N-methyl/N-ethyl adjacent to an activating group) is 2. The molecule has 2 heterocycles. The van der Waals surface area contributed by atoms with Gasteiger partial charge in [0, 0.05) is 36.7 Å². The quantitative estimate of drug-likeness (QED) is 0.189. The van der Waals surface area contributed by atoms with Crippen molar-refractivity contribution in [3.63, 3.8) is 0 Å². The van der Waals surface area contributed by atoms with Gasteiger partial charge in [-0.2, -0.15) is 43.2 Å². The first-order valence-corrected chi connectivity index (χ1v) is 13.3. The van der Waals surface area contributed by atoms with E-state index in [0.29, 0.717) is 6.04 Å². The van der Waals surface area contributed by atoms with E-state index in [4.69, 9.17) is 31.3 Å². The normalized spacial score (nSPS) is 18.5. The number of allylic oxidation sites excluding steroid dienone is 2. The molecule has 2 rings (SSSR count). The average Bonchev–Trinajstić information content (AvgIpc) is 2.72. The van der Waals surface area contributed by atoms with E-state index in [2.05, 4.69) is 47.4 Å². The van der Waals surface area contributed by atoms with Crippen molar-refractivity contribution in [2.45, 2.75) is 36.3 Å². The van der Waals surface area contributed by atoms with Gasteiger partial charge in [0.25, 0.3) is 0 Å². The zero-order valence-electron chi connectivity index (χ0n) is 20.0. The fourth-order valence-electron chi connectivity index (χ4n) is 2.72. The van der Waals surface area contributed by atoms with Crippen molar-refractivity contribution in [3.8, 4) is 0 Å². The Morgan fingerprint density at radius 2 is 1.43 bits per heavy atom. The van der Waals surface area contributed by atoms with Crippen LogP contribution in [0.25, 0.3) is 10.6 Å². The summed E-state index contributed by atoms with van der Waals surface area (Å²) in [7, 11) is -7.29. The van der Waals surface area contributed by atoms with Gasteiger partial charge in [-0.3, -0.25) is 9.11 Å². The smallest absolute Gasteiger partial charge is 0.522 e. The van der Waals surface area contributed by atoms with Crippen LogP contribution in [0.2, 0.25) is 0 Å². The zero-order chi connectivity index (χ0) is 28.2. The van der Waals surface area contributed by atoms with E-state index in [0.717, 1.165) is 39.3 Å². The minimum atomic E-state index is -5.84. The summed E-state index contributed by atoms with van der Waals surface area (Å²) >= 11 is 0. The van der Waals surface area contributed by atoms with Gasteiger partial charge in [-0.05, 0) is 20.6 Å². The van der Waals surface area contributed by atoms with Gasteiger partial charge in [0.2, 0.25) is 0 Å². The minimum absolute atomic E-state index is 0. The molecule has 1 unspecified atom stereocenters. The molecule has 2 aliphatic heterocycles. The Morgan fingerprint density at radius 1 is 0.946 bits per heavy atom. The molecular weight excluding hydrogens is 601 g/mol. The summed E-state index contributed by atoms with van der Waals surface area (Å²) in [5.74, 6) is 0. The fraction of sp³-hybridized carbons (Fsp3) is 0.778. The first-order chi connectivity index (χ1) is 16.2. The summed E-state index contributed by atoms with van der Waals surface area (Å²) in [6.45, 7) is 6.16. The molecule has 1 fully saturated rings. The van der Waals surface area contributed by atoms with Crippen LogP contribution in [-0.4, -0.2) is 106 Å². The van der Waals surface area contributed by atoms with E-state index in [1.54, 1.807) is 0 Å². The van der Waals surface area contributed by atoms with Crippen LogP contribution in [0, 0.1) is 0 Å². The van der Waals surface area contributed by atoms with Crippen LogP contribution in [0.3, 0.4) is 0 Å². The van der Waals surface area contributed by atoms with Crippen LogP contribution in [0.15, 0.2) is 23.9 Å². The van der Waals surface area contributed by atoms with Gasteiger partial charge < -0.3 is 20.4 Å². The fourth-order valence-corrected chi connectivity index (χ4v) is 2.72. The molecular formula is C18H30F6MnN4O6S2-2. The van der Waals surface area contributed by atoms with Crippen molar-refractivity contribution >= 4 is 20.2 Å². The number of piperidine rings is 1. The van der Waals surface area contributed by atoms with E-state index in [-0.39, 0.29) is 17.1 Å². The first kappa shape index (κ1) is 38.2. The predicted molar refractivity (Wildman–Crippen MR) is 122 cm³/mol. The second-order valence-electron chi connectivity index (χ2n) is 7.82. The Hall–Kier alpha value is -0.921. The number of nitrogens with zero attached hydrogens (tertiary/aromatic N) is 4. The predicted octanol–water partition coefficient (Wildman–Crippen LogP) is 3.39. The second kappa shape index (κ2) is 16.9. The molecule has 1 saturated heterocycles. The Labute approximate surface area is 223 Å². The average molecular weight is 632 g/mol. The molecule has 2 N–H and O–H groups in total. The summed E-state index contributed by atoms with van der Waals surface area (Å²) in [5.41, 5.74) is -9.88. The van der Waals surface area contributed by atoms with E-state index in [1.165, 1.54) is 25.0 Å². The summed E-state index contributed by atoms with van der Waals surface area (Å²) in [6, 6.07) is 0.570. The molecule has 0 saturated carbocycles. The Kier molecular flexibility index (Phi) is 17.5. The molecule has 221 valence electrons. The number of alkyl halides is 6. The number of hydrogen-bond donors (Lipinski definition) is 2. The standard InChI is InChI=1S/C16H28N4.2CHF3O3S.Mn/c1-19(13-15-7-3-5-9-17-15)11-12-20(2)14-16-8-4-6-10-18-16;2*2-1(3,4)8(5,6)7;/h3,5,7,16H,4,6,8-14H2,1-2H3;2*(H,5,6,7);/q-2;;;. The summed E-state index contributed by atoms with van der Waals surface area (Å²) in [6.07, 6.45) is 10.2. The van der Waals surface area contributed by atoms with Crippen molar-refractivity contribution in [2.75, 3.05) is 53.4 Å². The number of hydrogen-bond acceptors (Lipinski definition) is 6. The third-order valence-corrected chi connectivity index (χ3v) is 5.73. The monoisotopic (exact) mass is 631 g/mol. The summed E-state index contributed by atoms with van der Waals surface area (Å²) in [5, 5.41) is 9.20. The molecule has 0 aliphatic carbocycles. The van der Waals surface area contributed by atoms with Gasteiger partial charge in [-0.25, -0.2) is 0 Å². The SMILES string of the molecule is CN(CCN(C)CC1CCCC[N-]1)CC1=CC=CC[N-]1.O=S(=O)(O)C(F)(F)F.O=S(=O)(O)C(F)(F)F.[Mn]. The summed E-state index contributed by atoms with van der Waals surface area (Å²) < 4.78 is 115. The van der Waals surface area contributed by atoms with Crippen molar-refractivity contribution in [2.24, 2.45) is 0 Å². The van der Waals surface area contributed by atoms with E-state index >= 15 is 0 Å². The third kappa shape index (κ3) is 18.1. The largest absolute Gasteiger partial charge is 0.684 e. The van der Waals surface area contributed by atoms with Crippen LogP contribution in [0.4, 0.5) is 26.3 Å². The second-order valence-corrected chi connectivity index (χ2v) is 10.7. The molecule has 10 nitrogen and oxygen atoms in total. The number of halogens is 6. The van der Waals surface area contributed by atoms with Gasteiger partial charge in [0.15, 0.2) is 0 Å². The Balaban J connectivity index is 0. The maximum Gasteiger partial charge on any atom is 0.522 e. The summed E-state index contributed by atoms with van der Waals surface area (Å²) in [4.78, 5) is 4.77. The Morgan fingerprint density at radius 3 is 1.81 bits per heavy atom. The topological polar surface area (TPSA) is 143 Å². The molecule has 0 aromatic heterocycles. The van der Waals surface area contributed by atoms with Crippen molar-refractivity contribution in [1.82, 2.24) is 9.80 Å². The van der Waals surface area contributed by atoms with Crippen molar-refractivity contribution in [1.29, 1.82) is 0 Å². The third-order valence-electron chi connectivity index (χ3n) is 4.56.